The standard InChI is InChI=1S/C23H22FN3O4/c24-17-10-16-19(27(15-6-7-15)13-21(22(16)28)31-23(29)30)11-20(17)26-9-8-25-18(12-26)14-4-2-1-3-5-14/h1-5,10-11,13,15,18,25H,6-9,12H2,(H,29,30). The Labute approximate surface area is 177 Å². The number of piperazine rings is 1. The van der Waals surface area contributed by atoms with E-state index in [4.69, 9.17) is 5.11 Å². The van der Waals surface area contributed by atoms with Crippen molar-refractivity contribution in [1.82, 2.24) is 9.88 Å². The number of hydrogen-bond donors (Lipinski definition) is 2. The number of anilines is 1. The van der Waals surface area contributed by atoms with Crippen LogP contribution < -0.4 is 20.4 Å². The molecule has 160 valence electrons. The Morgan fingerprint density at radius 1 is 1.19 bits per heavy atom. The van der Waals surface area contributed by atoms with Gasteiger partial charge < -0.3 is 24.6 Å². The molecule has 1 saturated heterocycles. The van der Waals surface area contributed by atoms with Gasteiger partial charge in [-0.05, 0) is 30.5 Å². The lowest BCUT2D eigenvalue weighted by Crippen LogP contribution is -2.46. The maximum atomic E-state index is 15.2. The second-order valence-electron chi connectivity index (χ2n) is 8.01. The average Bonchev–Trinajstić information content (AvgIpc) is 3.61. The number of rotatable bonds is 4. The highest BCUT2D eigenvalue weighted by molar-refractivity contribution is 5.85. The van der Waals surface area contributed by atoms with Gasteiger partial charge in [0, 0.05) is 31.7 Å². The van der Waals surface area contributed by atoms with Crippen molar-refractivity contribution < 1.29 is 19.0 Å². The van der Waals surface area contributed by atoms with Crippen LogP contribution in [0.2, 0.25) is 0 Å². The van der Waals surface area contributed by atoms with Crippen LogP contribution in [0.25, 0.3) is 10.9 Å². The number of pyridine rings is 1. The molecule has 0 bridgehead atoms. The Morgan fingerprint density at radius 2 is 1.97 bits per heavy atom. The predicted molar refractivity (Wildman–Crippen MR) is 114 cm³/mol. The highest BCUT2D eigenvalue weighted by Crippen LogP contribution is 2.39. The summed E-state index contributed by atoms with van der Waals surface area (Å²) in [6.07, 6.45) is 1.70. The van der Waals surface area contributed by atoms with Crippen molar-refractivity contribution in [3.63, 3.8) is 0 Å². The average molecular weight is 423 g/mol. The Balaban J connectivity index is 1.57. The smallest absolute Gasteiger partial charge is 0.449 e. The van der Waals surface area contributed by atoms with Gasteiger partial charge >= 0.3 is 6.16 Å². The molecule has 2 aromatic carbocycles. The molecule has 0 radical (unpaired) electrons. The van der Waals surface area contributed by atoms with Gasteiger partial charge in [0.15, 0.2) is 5.75 Å². The maximum Gasteiger partial charge on any atom is 0.511 e. The molecule has 2 aliphatic rings. The van der Waals surface area contributed by atoms with Gasteiger partial charge in [-0.15, -0.1) is 0 Å². The summed E-state index contributed by atoms with van der Waals surface area (Å²) >= 11 is 0. The molecule has 31 heavy (non-hydrogen) atoms. The molecule has 1 saturated carbocycles. The van der Waals surface area contributed by atoms with Crippen molar-refractivity contribution >= 4 is 22.7 Å². The van der Waals surface area contributed by atoms with Crippen LogP contribution in [0.5, 0.6) is 5.75 Å². The van der Waals surface area contributed by atoms with Crippen LogP contribution in [0.1, 0.15) is 30.5 Å². The van der Waals surface area contributed by atoms with Crippen LogP contribution in [0, 0.1) is 5.82 Å². The fourth-order valence-corrected chi connectivity index (χ4v) is 4.27. The van der Waals surface area contributed by atoms with Crippen molar-refractivity contribution in [2.24, 2.45) is 0 Å². The number of nitrogens with one attached hydrogen (secondary N) is 1. The molecule has 1 aliphatic heterocycles. The van der Waals surface area contributed by atoms with Gasteiger partial charge in [0.1, 0.15) is 5.82 Å². The number of nitrogens with zero attached hydrogens (tertiary/aromatic N) is 2. The molecule has 0 amide bonds. The van der Waals surface area contributed by atoms with Gasteiger partial charge in [-0.25, -0.2) is 9.18 Å². The normalized spacial score (nSPS) is 18.9. The zero-order valence-corrected chi connectivity index (χ0v) is 16.8. The minimum Gasteiger partial charge on any atom is -0.449 e. The summed E-state index contributed by atoms with van der Waals surface area (Å²) in [5.74, 6) is -0.807. The Bertz CT molecular complexity index is 1210. The van der Waals surface area contributed by atoms with Gasteiger partial charge in [-0.3, -0.25) is 4.79 Å². The van der Waals surface area contributed by atoms with E-state index in [0.29, 0.717) is 30.8 Å². The van der Waals surface area contributed by atoms with Crippen LogP contribution in [0.4, 0.5) is 14.9 Å². The van der Waals surface area contributed by atoms with Gasteiger partial charge in [0.25, 0.3) is 0 Å². The molecular formula is C23H22FN3O4. The predicted octanol–water partition coefficient (Wildman–Crippen LogP) is 3.68. The van der Waals surface area contributed by atoms with E-state index in [0.717, 1.165) is 18.4 Å². The van der Waals surface area contributed by atoms with Crippen molar-refractivity contribution in [2.75, 3.05) is 24.5 Å². The maximum absolute atomic E-state index is 15.2. The first-order valence-corrected chi connectivity index (χ1v) is 10.3. The molecule has 3 aromatic rings. The summed E-state index contributed by atoms with van der Waals surface area (Å²) in [5.41, 5.74) is 1.55. The minimum absolute atomic E-state index is 0.0713. The van der Waals surface area contributed by atoms with E-state index in [1.165, 1.54) is 12.3 Å². The molecule has 1 aliphatic carbocycles. The second kappa shape index (κ2) is 7.70. The van der Waals surface area contributed by atoms with E-state index in [1.807, 2.05) is 39.8 Å². The number of fused-ring (bicyclic) bond motifs is 1. The fourth-order valence-electron chi connectivity index (χ4n) is 4.27. The van der Waals surface area contributed by atoms with Crippen molar-refractivity contribution in [2.45, 2.75) is 24.9 Å². The molecule has 0 spiro atoms. The first kappa shape index (κ1) is 19.6. The van der Waals surface area contributed by atoms with Crippen molar-refractivity contribution in [3.05, 3.63) is 70.3 Å². The van der Waals surface area contributed by atoms with Crippen LogP contribution in [0.15, 0.2) is 53.5 Å². The highest BCUT2D eigenvalue weighted by atomic mass is 19.1. The van der Waals surface area contributed by atoms with Crippen LogP contribution in [-0.4, -0.2) is 35.5 Å². The van der Waals surface area contributed by atoms with Gasteiger partial charge in [0.05, 0.1) is 22.8 Å². The third kappa shape index (κ3) is 3.74. The van der Waals surface area contributed by atoms with E-state index in [9.17, 15) is 9.59 Å². The number of benzene rings is 2. The lowest BCUT2D eigenvalue weighted by Gasteiger charge is -2.36. The first-order chi connectivity index (χ1) is 15.0. The van der Waals surface area contributed by atoms with Gasteiger partial charge in [-0.1, -0.05) is 30.3 Å². The number of aromatic nitrogens is 1. The molecule has 1 unspecified atom stereocenters. The topological polar surface area (TPSA) is 83.8 Å². The summed E-state index contributed by atoms with van der Waals surface area (Å²) < 4.78 is 21.7. The quantitative estimate of drug-likeness (QED) is 0.623. The van der Waals surface area contributed by atoms with E-state index in [-0.39, 0.29) is 23.2 Å². The first-order valence-electron chi connectivity index (χ1n) is 10.3. The third-order valence-electron chi connectivity index (χ3n) is 5.92. The van der Waals surface area contributed by atoms with Crippen molar-refractivity contribution in [3.8, 4) is 5.75 Å². The number of halogens is 1. The number of hydrogen-bond acceptors (Lipinski definition) is 5. The van der Waals surface area contributed by atoms with Crippen molar-refractivity contribution in [1.29, 1.82) is 0 Å². The SMILES string of the molecule is O=C(O)Oc1cn(C2CC2)c2cc(N3CCNC(c4ccccc4)C3)c(F)cc2c1=O. The van der Waals surface area contributed by atoms with Crippen LogP contribution in [0.3, 0.4) is 0 Å². The van der Waals surface area contributed by atoms with E-state index < -0.39 is 17.4 Å². The zero-order valence-electron chi connectivity index (χ0n) is 16.8. The lowest BCUT2D eigenvalue weighted by atomic mass is 10.0. The summed E-state index contributed by atoms with van der Waals surface area (Å²) in [5, 5.41) is 12.5. The molecule has 1 aromatic heterocycles. The van der Waals surface area contributed by atoms with E-state index in [1.54, 1.807) is 6.07 Å². The Morgan fingerprint density at radius 3 is 2.68 bits per heavy atom. The molecule has 1 atom stereocenters. The highest BCUT2D eigenvalue weighted by Gasteiger charge is 2.28. The Hall–Kier alpha value is -3.39. The molecule has 7 nitrogen and oxygen atoms in total. The summed E-state index contributed by atoms with van der Waals surface area (Å²) in [6, 6.07) is 13.2. The summed E-state index contributed by atoms with van der Waals surface area (Å²) in [4.78, 5) is 25.7. The second-order valence-corrected chi connectivity index (χ2v) is 8.01. The zero-order chi connectivity index (χ0) is 21.5. The molecule has 8 heteroatoms. The monoisotopic (exact) mass is 423 g/mol. The van der Waals surface area contributed by atoms with Crippen LogP contribution >= 0.6 is 0 Å². The molecule has 2 fully saturated rings. The number of ether oxygens (including phenoxy) is 1. The number of carboxylic acid groups (broad SMARTS) is 1. The lowest BCUT2D eigenvalue weighted by molar-refractivity contribution is 0.143. The Kier molecular flexibility index (Phi) is 4.86. The van der Waals surface area contributed by atoms with Gasteiger partial charge in [0.2, 0.25) is 5.43 Å². The number of carbonyl (C=O) groups is 1. The molecular weight excluding hydrogens is 401 g/mol. The van der Waals surface area contributed by atoms with Crippen LogP contribution in [-0.2, 0) is 0 Å². The van der Waals surface area contributed by atoms with E-state index >= 15 is 4.39 Å². The molecule has 5 rings (SSSR count). The summed E-state index contributed by atoms with van der Waals surface area (Å²) in [7, 11) is 0. The van der Waals surface area contributed by atoms with Gasteiger partial charge in [-0.2, -0.15) is 0 Å². The molecule has 2 heterocycles. The largest absolute Gasteiger partial charge is 0.511 e. The third-order valence-corrected chi connectivity index (χ3v) is 5.92. The summed E-state index contributed by atoms with van der Waals surface area (Å²) in [6.45, 7) is 1.94. The fraction of sp³-hybridized carbons (Fsp3) is 0.304. The minimum atomic E-state index is -1.57. The molecule has 2 N–H and O–H groups in total. The van der Waals surface area contributed by atoms with E-state index in [2.05, 4.69) is 10.1 Å².